The first-order valence-corrected chi connectivity index (χ1v) is 20.8. The molecule has 4 aliphatic heterocycles. The van der Waals surface area contributed by atoms with Gasteiger partial charge in [0.05, 0.1) is 25.2 Å². The van der Waals surface area contributed by atoms with E-state index < -0.39 is 45.3 Å². The second kappa shape index (κ2) is 15.7. The van der Waals surface area contributed by atoms with Crippen LogP contribution >= 0.6 is 0 Å². The quantitative estimate of drug-likeness (QED) is 0.170. The van der Waals surface area contributed by atoms with E-state index in [0.29, 0.717) is 80.4 Å². The molecule has 0 radical (unpaired) electrons. The van der Waals surface area contributed by atoms with Crippen molar-refractivity contribution in [1.29, 1.82) is 0 Å². The molecule has 18 heteroatoms. The molecule has 8 rings (SSSR count). The molecule has 17 nitrogen and oxygen atoms in total. The van der Waals surface area contributed by atoms with Crippen molar-refractivity contribution in [3.63, 3.8) is 0 Å². The number of benzene rings is 2. The predicted molar refractivity (Wildman–Crippen MR) is 214 cm³/mol. The third-order valence-electron chi connectivity index (χ3n) is 11.7. The van der Waals surface area contributed by atoms with Gasteiger partial charge in [0, 0.05) is 113 Å². The number of aliphatic hydroxyl groups is 1. The van der Waals surface area contributed by atoms with Gasteiger partial charge >= 0.3 is 0 Å². The first-order chi connectivity index (χ1) is 27.9. The lowest BCUT2D eigenvalue weighted by Crippen LogP contribution is -2.57. The normalized spacial score (nSPS) is 20.7. The molecule has 4 aromatic rings. The van der Waals surface area contributed by atoms with Crippen molar-refractivity contribution in [3.05, 3.63) is 82.0 Å². The van der Waals surface area contributed by atoms with Gasteiger partial charge in [-0.2, -0.15) is 0 Å². The van der Waals surface area contributed by atoms with Gasteiger partial charge in [0.25, 0.3) is 11.5 Å². The first-order valence-electron chi connectivity index (χ1n) is 19.2. The Kier molecular flexibility index (Phi) is 10.7. The number of hydrogen-bond donors (Lipinski definition) is 3. The maximum absolute atomic E-state index is 13.3. The first kappa shape index (κ1) is 39.4. The largest absolute Gasteiger partial charge is 0.496 e. The standard InChI is InChI=1S/C40H46N8O9S/c1-44-22-31(27-8-9-41-19-30(27)38(44)51)24-16-34(56-2)32(35(17-24)57-3)23-46-20-26(21-46)58(54,55)42-10-11-45-12-14-47(15-13-45)25-4-5-28-29(18-25)40(53)48(39(28)52)33-6-7-36(49)43-37(33)50/h4-5,8-9,16-19,22,26,33,40,42,53H,6-7,10-15,20-21,23H2,1-3H3,(H,43,49,50). The molecular weight excluding hydrogens is 769 g/mol. The lowest BCUT2D eigenvalue weighted by molar-refractivity contribution is -0.139. The summed E-state index contributed by atoms with van der Waals surface area (Å²) in [6.45, 7) is 4.67. The van der Waals surface area contributed by atoms with E-state index in [2.05, 4.69) is 24.8 Å². The van der Waals surface area contributed by atoms with E-state index in [9.17, 15) is 32.7 Å². The van der Waals surface area contributed by atoms with Crippen LogP contribution in [0.15, 0.2) is 59.8 Å². The summed E-state index contributed by atoms with van der Waals surface area (Å²) in [5.41, 5.74) is 3.89. The van der Waals surface area contributed by atoms with E-state index in [1.807, 2.05) is 29.2 Å². The number of methoxy groups -OCH3 is 2. The Bertz CT molecular complexity index is 2440. The number of nitrogens with zero attached hydrogens (tertiary/aromatic N) is 6. The zero-order valence-electron chi connectivity index (χ0n) is 32.5. The van der Waals surface area contributed by atoms with Gasteiger partial charge in [-0.25, -0.2) is 13.1 Å². The van der Waals surface area contributed by atoms with Crippen molar-refractivity contribution in [1.82, 2.24) is 34.3 Å². The molecule has 58 heavy (non-hydrogen) atoms. The number of ether oxygens (including phenoxy) is 2. The minimum atomic E-state index is -3.56. The number of carbonyl (C=O) groups is 3. The fourth-order valence-electron chi connectivity index (χ4n) is 8.42. The van der Waals surface area contributed by atoms with Crippen LogP contribution in [0.1, 0.15) is 40.6 Å². The van der Waals surface area contributed by atoms with Crippen LogP contribution in [0.4, 0.5) is 5.69 Å². The maximum Gasteiger partial charge on any atom is 0.259 e. The van der Waals surface area contributed by atoms with Crippen LogP contribution in [0.3, 0.4) is 0 Å². The van der Waals surface area contributed by atoms with Crippen LogP contribution in [-0.2, 0) is 33.2 Å². The van der Waals surface area contributed by atoms with Crippen LogP contribution in [-0.4, -0.2) is 133 Å². The van der Waals surface area contributed by atoms with Gasteiger partial charge < -0.3 is 24.0 Å². The maximum atomic E-state index is 13.3. The van der Waals surface area contributed by atoms with E-state index >= 15 is 0 Å². The molecule has 2 unspecified atom stereocenters. The lowest BCUT2D eigenvalue weighted by Gasteiger charge is -2.39. The number of piperidine rings is 1. The smallest absolute Gasteiger partial charge is 0.259 e. The van der Waals surface area contributed by atoms with Gasteiger partial charge in [0.15, 0.2) is 6.23 Å². The van der Waals surface area contributed by atoms with E-state index in [-0.39, 0.29) is 24.9 Å². The highest BCUT2D eigenvalue weighted by Gasteiger charge is 2.45. The Hall–Kier alpha value is -5.40. The SMILES string of the molecule is COc1cc(-c2cn(C)c(=O)c3cnccc23)cc(OC)c1CN1CC(S(=O)(=O)NCCN2CCN(c3ccc4c(c3)C(O)N(C3CCC(=O)NC3=O)C4=O)CC2)C1. The number of imide groups is 1. The number of hydrogen-bond acceptors (Lipinski definition) is 13. The summed E-state index contributed by atoms with van der Waals surface area (Å²) in [7, 11) is 1.30. The number of aliphatic hydroxyl groups excluding tert-OH is 1. The zero-order chi connectivity index (χ0) is 40.9. The summed E-state index contributed by atoms with van der Waals surface area (Å²) in [6, 6.07) is 10.00. The van der Waals surface area contributed by atoms with Crippen molar-refractivity contribution in [3.8, 4) is 22.6 Å². The second-order valence-corrected chi connectivity index (χ2v) is 17.2. The number of aryl methyl sites for hydroxylation is 1. The number of amides is 3. The molecule has 0 bridgehead atoms. The molecule has 0 spiro atoms. The minimum absolute atomic E-state index is 0.0986. The molecule has 2 atom stereocenters. The van der Waals surface area contributed by atoms with E-state index in [4.69, 9.17) is 9.47 Å². The number of piperazine rings is 1. The van der Waals surface area contributed by atoms with Gasteiger partial charge in [0.2, 0.25) is 21.8 Å². The monoisotopic (exact) mass is 814 g/mol. The summed E-state index contributed by atoms with van der Waals surface area (Å²) in [6.07, 6.45) is 3.96. The molecule has 0 saturated carbocycles. The minimum Gasteiger partial charge on any atom is -0.496 e. The molecule has 3 N–H and O–H groups in total. The molecule has 3 amide bonds. The fourth-order valence-corrected chi connectivity index (χ4v) is 9.84. The van der Waals surface area contributed by atoms with Crippen LogP contribution in [0.5, 0.6) is 11.5 Å². The molecule has 2 aromatic carbocycles. The lowest BCUT2D eigenvalue weighted by atomic mass is 9.98. The van der Waals surface area contributed by atoms with Crippen LogP contribution < -0.4 is 30.0 Å². The molecule has 4 aliphatic rings. The van der Waals surface area contributed by atoms with Gasteiger partial charge in [-0.15, -0.1) is 0 Å². The number of nitrogens with one attached hydrogen (secondary N) is 2. The van der Waals surface area contributed by atoms with Gasteiger partial charge in [0.1, 0.15) is 22.8 Å². The highest BCUT2D eigenvalue weighted by atomic mass is 32.2. The molecule has 3 saturated heterocycles. The average molecular weight is 815 g/mol. The number of fused-ring (bicyclic) bond motifs is 2. The van der Waals surface area contributed by atoms with Gasteiger partial charge in [-0.3, -0.25) is 44.2 Å². The summed E-state index contributed by atoms with van der Waals surface area (Å²) in [5, 5.41) is 14.0. The molecule has 2 aromatic heterocycles. The van der Waals surface area contributed by atoms with Gasteiger partial charge in [-0.05, 0) is 53.8 Å². The molecule has 3 fully saturated rings. The third kappa shape index (κ3) is 7.30. The number of carbonyl (C=O) groups excluding carboxylic acids is 3. The zero-order valence-corrected chi connectivity index (χ0v) is 33.3. The number of anilines is 1. The Morgan fingerprint density at radius 1 is 0.931 bits per heavy atom. The van der Waals surface area contributed by atoms with Crippen molar-refractivity contribution in [2.45, 2.75) is 36.9 Å². The number of aromatic nitrogens is 2. The van der Waals surface area contributed by atoms with Crippen molar-refractivity contribution in [2.75, 3.05) is 71.5 Å². The van der Waals surface area contributed by atoms with Crippen LogP contribution in [0.25, 0.3) is 21.9 Å². The Balaban J connectivity index is 0.826. The molecular formula is C40H46N8O9S. The third-order valence-corrected chi connectivity index (χ3v) is 13.5. The number of rotatable bonds is 12. The topological polar surface area (TPSA) is 196 Å². The molecule has 306 valence electrons. The number of likely N-dealkylation sites (tertiary alicyclic amines) is 1. The summed E-state index contributed by atoms with van der Waals surface area (Å²) in [5.74, 6) is -0.233. The van der Waals surface area contributed by atoms with E-state index in [1.165, 1.54) is 4.57 Å². The van der Waals surface area contributed by atoms with Crippen molar-refractivity contribution < 1.29 is 37.4 Å². The van der Waals surface area contributed by atoms with Crippen molar-refractivity contribution in [2.24, 2.45) is 7.05 Å². The second-order valence-electron chi connectivity index (χ2n) is 15.1. The van der Waals surface area contributed by atoms with E-state index in [1.54, 1.807) is 52.0 Å². The van der Waals surface area contributed by atoms with Crippen molar-refractivity contribution >= 4 is 44.2 Å². The number of sulfonamides is 1. The Labute approximate surface area is 335 Å². The summed E-state index contributed by atoms with van der Waals surface area (Å²) >= 11 is 0. The highest BCUT2D eigenvalue weighted by molar-refractivity contribution is 7.90. The molecule has 0 aliphatic carbocycles. The number of pyridine rings is 2. The van der Waals surface area contributed by atoms with E-state index in [0.717, 1.165) is 32.7 Å². The van der Waals surface area contributed by atoms with Gasteiger partial charge in [-0.1, -0.05) is 0 Å². The Morgan fingerprint density at radius 2 is 1.66 bits per heavy atom. The van der Waals surface area contributed by atoms with Crippen LogP contribution in [0, 0.1) is 0 Å². The van der Waals surface area contributed by atoms with Crippen LogP contribution in [0.2, 0.25) is 0 Å². The highest BCUT2D eigenvalue weighted by Crippen LogP contribution is 2.39. The molecule has 6 heterocycles. The predicted octanol–water partition coefficient (Wildman–Crippen LogP) is 0.795. The average Bonchev–Trinajstić information content (AvgIpc) is 3.45. The Morgan fingerprint density at radius 3 is 2.34 bits per heavy atom. The summed E-state index contributed by atoms with van der Waals surface area (Å²) in [4.78, 5) is 61.6. The summed E-state index contributed by atoms with van der Waals surface area (Å²) < 4.78 is 42.5. The fraction of sp³-hybridized carbons (Fsp3) is 0.425.